The summed E-state index contributed by atoms with van der Waals surface area (Å²) in [5, 5.41) is 38.2. The molecule has 0 fully saturated rings. The Hall–Kier alpha value is -6.11. The number of ether oxygens (including phenoxy) is 1. The summed E-state index contributed by atoms with van der Waals surface area (Å²) in [6.45, 7) is 1.72. The number of halogens is 8. The van der Waals surface area contributed by atoms with Crippen LogP contribution < -0.4 is 11.3 Å². The minimum Gasteiger partial charge on any atom is -0.505 e. The molecule has 2 aromatic heterocycles. The van der Waals surface area contributed by atoms with Gasteiger partial charge in [-0.3, -0.25) is 9.59 Å². The zero-order valence-electron chi connectivity index (χ0n) is 27.0. The number of benzene rings is 3. The van der Waals surface area contributed by atoms with Crippen LogP contribution in [-0.4, -0.2) is 44.7 Å². The third-order valence-corrected chi connectivity index (χ3v) is 6.86. The number of nitrogens with zero attached hydrogens (tertiary/aromatic N) is 3. The quantitative estimate of drug-likeness (QED) is 0.0180. The lowest BCUT2D eigenvalue weighted by atomic mass is 10.1. The van der Waals surface area contributed by atoms with Crippen molar-refractivity contribution in [2.45, 2.75) is 33.2 Å². The van der Waals surface area contributed by atoms with Crippen molar-refractivity contribution in [3.8, 4) is 23.0 Å². The molecule has 0 amide bonds. The maximum atomic E-state index is 13.5. The number of hydrogen-bond acceptors (Lipinski definition) is 12. The van der Waals surface area contributed by atoms with Crippen LogP contribution in [-0.2, 0) is 26.8 Å². The number of carbonyl (C=O) groups is 2. The summed E-state index contributed by atoms with van der Waals surface area (Å²) in [4.78, 5) is 45.7. The second-order valence-corrected chi connectivity index (χ2v) is 10.4. The smallest absolute Gasteiger partial charge is 0.336 e. The van der Waals surface area contributed by atoms with Crippen LogP contribution in [0.2, 0.25) is 0 Å². The Balaban J connectivity index is 0.000000377. The number of fused-ring (bicyclic) bond motifs is 2. The molecule has 0 aliphatic heterocycles. The minimum atomic E-state index is -1.37. The van der Waals surface area contributed by atoms with E-state index in [4.69, 9.17) is 49.2 Å². The topological polar surface area (TPSA) is 233 Å². The fourth-order valence-corrected chi connectivity index (χ4v) is 4.17. The summed E-state index contributed by atoms with van der Waals surface area (Å²) < 4.78 is 91.2. The molecule has 0 aliphatic carbocycles. The predicted molar refractivity (Wildman–Crippen MR) is 184 cm³/mol. The van der Waals surface area contributed by atoms with Crippen LogP contribution in [0.4, 0.5) is 26.3 Å². The SMILES string of the molecule is C.CCOC(=O)CC(=O)CCl.O=c1cc(CCl)c2cc(F)c(O)c(F)c2o1.Oc1ccc(F)c(O)c1F.[N-]=[N+]=NCc1cc(=O)oc2c(F)c(O)c(F)cc12. The van der Waals surface area contributed by atoms with Gasteiger partial charge < -0.3 is 34.0 Å². The highest BCUT2D eigenvalue weighted by atomic mass is 35.5. The fraction of sp³-hybridized carbons (Fsp3) is 0.212. The third kappa shape index (κ3) is 12.5. The maximum absolute atomic E-state index is 13.5. The van der Waals surface area contributed by atoms with E-state index >= 15 is 0 Å². The van der Waals surface area contributed by atoms with Gasteiger partial charge in [-0.05, 0) is 47.8 Å². The molecule has 3 aromatic carbocycles. The van der Waals surface area contributed by atoms with E-state index in [2.05, 4.69) is 23.6 Å². The van der Waals surface area contributed by atoms with E-state index < -0.39 is 86.3 Å². The number of ketones is 1. The second-order valence-electron chi connectivity index (χ2n) is 9.88. The van der Waals surface area contributed by atoms with Crippen LogP contribution >= 0.6 is 23.2 Å². The largest absolute Gasteiger partial charge is 0.505 e. The van der Waals surface area contributed by atoms with Gasteiger partial charge in [-0.2, -0.15) is 13.2 Å². The van der Waals surface area contributed by atoms with Crippen LogP contribution in [0.5, 0.6) is 23.0 Å². The van der Waals surface area contributed by atoms with Crippen molar-refractivity contribution in [3.63, 3.8) is 0 Å². The molecule has 0 bridgehead atoms. The first-order valence-electron chi connectivity index (χ1n) is 14.3. The molecule has 2 heterocycles. The predicted octanol–water partition coefficient (Wildman–Crippen LogP) is 7.86. The molecule has 14 nitrogen and oxygen atoms in total. The third-order valence-electron chi connectivity index (χ3n) is 6.27. The van der Waals surface area contributed by atoms with E-state index in [1.807, 2.05) is 0 Å². The van der Waals surface area contributed by atoms with E-state index in [1.165, 1.54) is 0 Å². The van der Waals surface area contributed by atoms with Crippen molar-refractivity contribution in [1.82, 2.24) is 0 Å². The van der Waals surface area contributed by atoms with Crippen molar-refractivity contribution in [3.05, 3.63) is 114 Å². The van der Waals surface area contributed by atoms with E-state index in [1.54, 1.807) is 6.92 Å². The average Bonchev–Trinajstić information content (AvgIpc) is 3.14. The summed E-state index contributed by atoms with van der Waals surface area (Å²) in [5.74, 6) is -12.8. The molecule has 4 N–H and O–H groups in total. The molecule has 5 rings (SSSR count). The number of alkyl halides is 2. The van der Waals surface area contributed by atoms with E-state index in [0.29, 0.717) is 6.61 Å². The lowest BCUT2D eigenvalue weighted by molar-refractivity contribution is -0.145. The summed E-state index contributed by atoms with van der Waals surface area (Å²) in [6.07, 6.45) is -0.211. The van der Waals surface area contributed by atoms with Gasteiger partial charge in [-0.15, -0.1) is 23.2 Å². The van der Waals surface area contributed by atoms with Crippen molar-refractivity contribution in [2.75, 3.05) is 12.5 Å². The fourth-order valence-electron chi connectivity index (χ4n) is 3.86. The van der Waals surface area contributed by atoms with Gasteiger partial charge in [0.2, 0.25) is 17.5 Å². The highest BCUT2D eigenvalue weighted by molar-refractivity contribution is 6.28. The Bertz CT molecular complexity index is 2330. The molecule has 55 heavy (non-hydrogen) atoms. The van der Waals surface area contributed by atoms with Gasteiger partial charge in [0.25, 0.3) is 0 Å². The van der Waals surface area contributed by atoms with Gasteiger partial charge >= 0.3 is 17.2 Å². The molecule has 0 radical (unpaired) electrons. The normalized spacial score (nSPS) is 9.98. The van der Waals surface area contributed by atoms with Gasteiger partial charge in [0.15, 0.2) is 57.4 Å². The van der Waals surface area contributed by atoms with Crippen LogP contribution in [0.3, 0.4) is 0 Å². The number of phenolic OH excluding ortho intramolecular Hbond substituents is 4. The molecule has 0 atom stereocenters. The number of esters is 1. The van der Waals surface area contributed by atoms with Crippen molar-refractivity contribution >= 4 is 56.9 Å². The molecular weight excluding hydrogens is 799 g/mol. The first kappa shape index (κ1) is 46.9. The zero-order chi connectivity index (χ0) is 40.9. The molecule has 0 saturated carbocycles. The molecule has 0 unspecified atom stereocenters. The lowest BCUT2D eigenvalue weighted by Gasteiger charge is -2.05. The molecular formula is C33H27Cl2F6N3O11. The monoisotopic (exact) mass is 825 g/mol. The van der Waals surface area contributed by atoms with Gasteiger partial charge in [0.1, 0.15) is 6.42 Å². The van der Waals surface area contributed by atoms with Crippen LogP contribution in [0.25, 0.3) is 32.4 Å². The highest BCUT2D eigenvalue weighted by Gasteiger charge is 2.19. The second kappa shape index (κ2) is 21.6. The Kier molecular flexibility index (Phi) is 18.4. The molecule has 0 saturated heterocycles. The van der Waals surface area contributed by atoms with E-state index in [-0.39, 0.29) is 59.8 Å². The summed E-state index contributed by atoms with van der Waals surface area (Å²) in [6, 6.07) is 5.28. The van der Waals surface area contributed by atoms with Crippen molar-refractivity contribution in [2.24, 2.45) is 5.11 Å². The van der Waals surface area contributed by atoms with Gasteiger partial charge in [-0.1, -0.05) is 12.5 Å². The Labute approximate surface area is 313 Å². The van der Waals surface area contributed by atoms with Crippen LogP contribution in [0.1, 0.15) is 31.9 Å². The zero-order valence-corrected chi connectivity index (χ0v) is 28.5. The summed E-state index contributed by atoms with van der Waals surface area (Å²) in [5.41, 5.74) is 5.76. The maximum Gasteiger partial charge on any atom is 0.336 e. The van der Waals surface area contributed by atoms with E-state index in [9.17, 15) is 45.5 Å². The number of hydrogen-bond donors (Lipinski definition) is 4. The number of phenols is 4. The number of rotatable bonds is 7. The van der Waals surface area contributed by atoms with Gasteiger partial charge in [0.05, 0.1) is 19.0 Å². The Morgan fingerprint density at radius 3 is 1.69 bits per heavy atom. The number of carbonyl (C=O) groups excluding carboxylic acids is 2. The van der Waals surface area contributed by atoms with Crippen LogP contribution in [0, 0.1) is 34.9 Å². The first-order valence-corrected chi connectivity index (χ1v) is 15.4. The minimum absolute atomic E-state index is 0. The van der Waals surface area contributed by atoms with Gasteiger partial charge in [-0.25, -0.2) is 22.8 Å². The first-order chi connectivity index (χ1) is 25.4. The van der Waals surface area contributed by atoms with Crippen molar-refractivity contribution < 1.29 is 69.9 Å². The number of azide groups is 1. The summed E-state index contributed by atoms with van der Waals surface area (Å²) >= 11 is 10.7. The number of aromatic hydroxyl groups is 4. The molecule has 296 valence electrons. The van der Waals surface area contributed by atoms with Crippen molar-refractivity contribution in [1.29, 1.82) is 0 Å². The van der Waals surface area contributed by atoms with Crippen LogP contribution in [0.15, 0.2) is 59.9 Å². The highest BCUT2D eigenvalue weighted by Crippen LogP contribution is 2.31. The lowest BCUT2D eigenvalue weighted by Crippen LogP contribution is -2.11. The molecule has 22 heteroatoms. The standard InChI is InChI=1S/C10H5ClF2O3.C10H5F2N3O3.C6H9ClO3.C6H4F2O2.CH4/c11-3-4-1-7(14)16-10-5(4)2-6(12)9(15)8(10)13;11-6-2-5-4(3-14-15-13)1-7(16)18-10(5)8(12)9(6)17;1-2-10-6(9)3-5(8)4-7;7-3-1-2-4(9)5(8)6(3)10;/h1-2,15H,3H2;1-2,17H,3H2;2-4H2,1H3;1-2,9-10H;1H4. The average molecular weight is 826 g/mol. The molecule has 0 aliphatic rings. The molecule has 0 spiro atoms. The Morgan fingerprint density at radius 2 is 1.25 bits per heavy atom. The summed E-state index contributed by atoms with van der Waals surface area (Å²) in [7, 11) is 0. The van der Waals surface area contributed by atoms with E-state index in [0.717, 1.165) is 36.4 Å². The van der Waals surface area contributed by atoms with Gasteiger partial charge in [0, 0.05) is 33.7 Å². The molecule has 5 aromatic rings. The Morgan fingerprint density at radius 1 is 0.782 bits per heavy atom. The number of Topliss-reactive ketones (excluding diaryl/α,β-unsaturated/α-hetero) is 1.